The summed E-state index contributed by atoms with van der Waals surface area (Å²) in [5, 5.41) is 0. The van der Waals surface area contributed by atoms with Crippen molar-refractivity contribution in [3.05, 3.63) is 59.4 Å². The molecule has 0 radical (unpaired) electrons. The molecule has 0 atom stereocenters. The highest BCUT2D eigenvalue weighted by Gasteiger charge is 2.24. The van der Waals surface area contributed by atoms with Crippen molar-refractivity contribution in [1.29, 1.82) is 0 Å². The number of fused-ring (bicyclic) bond motifs is 1. The van der Waals surface area contributed by atoms with E-state index >= 15 is 0 Å². The molecular formula is C21H24N4O2. The van der Waals surface area contributed by atoms with Gasteiger partial charge in [0.25, 0.3) is 5.91 Å². The predicted molar refractivity (Wildman–Crippen MR) is 104 cm³/mol. The van der Waals surface area contributed by atoms with Crippen molar-refractivity contribution in [1.82, 2.24) is 14.8 Å². The molecule has 1 fully saturated rings. The number of carbonyl (C=O) groups is 2. The molecule has 140 valence electrons. The summed E-state index contributed by atoms with van der Waals surface area (Å²) in [6.45, 7) is 5.66. The van der Waals surface area contributed by atoms with E-state index in [1.165, 1.54) is 11.1 Å². The number of aromatic nitrogens is 1. The van der Waals surface area contributed by atoms with Gasteiger partial charge in [-0.2, -0.15) is 0 Å². The zero-order valence-electron chi connectivity index (χ0n) is 15.6. The lowest BCUT2D eigenvalue weighted by atomic mass is 9.99. The van der Waals surface area contributed by atoms with Gasteiger partial charge >= 0.3 is 0 Å². The van der Waals surface area contributed by atoms with Crippen LogP contribution < -0.4 is 4.90 Å². The first-order chi connectivity index (χ1) is 13.1. The lowest BCUT2D eigenvalue weighted by Gasteiger charge is -2.34. The van der Waals surface area contributed by atoms with Crippen molar-refractivity contribution in [3.63, 3.8) is 0 Å². The SMILES string of the molecule is CC(=O)N1CCN(C(=O)c2cncc(N3CCc4ccccc4C3)c2)CC1. The Morgan fingerprint density at radius 1 is 0.926 bits per heavy atom. The molecule has 27 heavy (non-hydrogen) atoms. The Morgan fingerprint density at radius 2 is 1.63 bits per heavy atom. The molecule has 0 saturated carbocycles. The third kappa shape index (κ3) is 3.65. The van der Waals surface area contributed by atoms with Gasteiger partial charge in [0.15, 0.2) is 0 Å². The van der Waals surface area contributed by atoms with Gasteiger partial charge in [0, 0.05) is 52.4 Å². The summed E-state index contributed by atoms with van der Waals surface area (Å²) >= 11 is 0. The van der Waals surface area contributed by atoms with E-state index in [0.29, 0.717) is 31.7 Å². The smallest absolute Gasteiger partial charge is 0.255 e. The number of amides is 2. The third-order valence-corrected chi connectivity index (χ3v) is 5.48. The molecule has 2 aliphatic heterocycles. The average molecular weight is 364 g/mol. The van der Waals surface area contributed by atoms with Crippen LogP contribution >= 0.6 is 0 Å². The molecular weight excluding hydrogens is 340 g/mol. The minimum absolute atomic E-state index is 0.00929. The first-order valence-electron chi connectivity index (χ1n) is 9.43. The van der Waals surface area contributed by atoms with E-state index in [1.807, 2.05) is 17.2 Å². The molecule has 1 saturated heterocycles. The Balaban J connectivity index is 1.47. The topological polar surface area (TPSA) is 56.8 Å². The Bertz CT molecular complexity index is 859. The number of piperazine rings is 1. The maximum atomic E-state index is 12.9. The fourth-order valence-electron chi connectivity index (χ4n) is 3.84. The summed E-state index contributed by atoms with van der Waals surface area (Å²) in [5.41, 5.74) is 4.33. The van der Waals surface area contributed by atoms with Crippen LogP contribution in [0.5, 0.6) is 0 Å². The van der Waals surface area contributed by atoms with Gasteiger partial charge < -0.3 is 14.7 Å². The number of anilines is 1. The van der Waals surface area contributed by atoms with E-state index in [0.717, 1.165) is 25.2 Å². The van der Waals surface area contributed by atoms with Crippen LogP contribution in [0.4, 0.5) is 5.69 Å². The average Bonchev–Trinajstić information content (AvgIpc) is 2.73. The molecule has 0 unspecified atom stereocenters. The second-order valence-corrected chi connectivity index (χ2v) is 7.17. The fourth-order valence-corrected chi connectivity index (χ4v) is 3.84. The van der Waals surface area contributed by atoms with E-state index < -0.39 is 0 Å². The summed E-state index contributed by atoms with van der Waals surface area (Å²) in [6.07, 6.45) is 4.47. The minimum Gasteiger partial charge on any atom is -0.366 e. The molecule has 2 aromatic rings. The molecule has 1 aromatic carbocycles. The lowest BCUT2D eigenvalue weighted by molar-refractivity contribution is -0.130. The number of hydrogen-bond acceptors (Lipinski definition) is 4. The predicted octanol–water partition coefficient (Wildman–Crippen LogP) is 1.95. The number of hydrogen-bond donors (Lipinski definition) is 0. The first-order valence-corrected chi connectivity index (χ1v) is 9.43. The van der Waals surface area contributed by atoms with Crippen molar-refractivity contribution >= 4 is 17.5 Å². The van der Waals surface area contributed by atoms with Crippen molar-refractivity contribution in [3.8, 4) is 0 Å². The molecule has 0 N–H and O–H groups in total. The first kappa shape index (κ1) is 17.5. The van der Waals surface area contributed by atoms with Gasteiger partial charge in [-0.3, -0.25) is 14.6 Å². The minimum atomic E-state index is -0.00929. The fraction of sp³-hybridized carbons (Fsp3) is 0.381. The molecule has 3 heterocycles. The molecule has 4 rings (SSSR count). The normalized spacial score (nSPS) is 16.9. The van der Waals surface area contributed by atoms with E-state index in [2.05, 4.69) is 34.1 Å². The van der Waals surface area contributed by atoms with Crippen LogP contribution in [0.25, 0.3) is 0 Å². The van der Waals surface area contributed by atoms with Crippen LogP contribution in [0.15, 0.2) is 42.7 Å². The lowest BCUT2D eigenvalue weighted by Crippen LogP contribution is -2.50. The molecule has 0 aliphatic carbocycles. The van der Waals surface area contributed by atoms with Crippen molar-refractivity contribution in [2.75, 3.05) is 37.6 Å². The summed E-state index contributed by atoms with van der Waals surface area (Å²) in [5.74, 6) is 0.0566. The number of carbonyl (C=O) groups excluding carboxylic acids is 2. The van der Waals surface area contributed by atoms with E-state index in [1.54, 1.807) is 18.0 Å². The van der Waals surface area contributed by atoms with E-state index in [-0.39, 0.29) is 11.8 Å². The third-order valence-electron chi connectivity index (χ3n) is 5.48. The van der Waals surface area contributed by atoms with Crippen LogP contribution in [-0.2, 0) is 17.8 Å². The van der Waals surface area contributed by atoms with Crippen molar-refractivity contribution < 1.29 is 9.59 Å². The molecule has 2 amide bonds. The van der Waals surface area contributed by atoms with Gasteiger partial charge in [-0.05, 0) is 23.6 Å². The van der Waals surface area contributed by atoms with Gasteiger partial charge in [0.1, 0.15) is 0 Å². The Labute approximate surface area is 159 Å². The monoisotopic (exact) mass is 364 g/mol. The van der Waals surface area contributed by atoms with Gasteiger partial charge in [-0.25, -0.2) is 0 Å². The second-order valence-electron chi connectivity index (χ2n) is 7.17. The summed E-state index contributed by atoms with van der Waals surface area (Å²) in [6, 6.07) is 10.5. The zero-order chi connectivity index (χ0) is 18.8. The number of pyridine rings is 1. The second kappa shape index (κ2) is 7.39. The highest BCUT2D eigenvalue weighted by molar-refractivity contribution is 5.95. The molecule has 0 bridgehead atoms. The van der Waals surface area contributed by atoms with Crippen LogP contribution in [0.2, 0.25) is 0 Å². The maximum Gasteiger partial charge on any atom is 0.255 e. The quantitative estimate of drug-likeness (QED) is 0.817. The molecule has 6 heteroatoms. The highest BCUT2D eigenvalue weighted by Crippen LogP contribution is 2.24. The van der Waals surface area contributed by atoms with Gasteiger partial charge in [0.05, 0.1) is 17.4 Å². The van der Waals surface area contributed by atoms with Crippen molar-refractivity contribution in [2.45, 2.75) is 19.9 Å². The van der Waals surface area contributed by atoms with Crippen LogP contribution in [0.3, 0.4) is 0 Å². The standard InChI is InChI=1S/C21H24N4O2/c1-16(26)23-8-10-24(11-9-23)21(27)19-12-20(14-22-13-19)25-7-6-17-4-2-3-5-18(17)15-25/h2-5,12-14H,6-11,15H2,1H3. The van der Waals surface area contributed by atoms with Gasteiger partial charge in [-0.1, -0.05) is 24.3 Å². The number of rotatable bonds is 2. The zero-order valence-corrected chi connectivity index (χ0v) is 15.6. The summed E-state index contributed by atoms with van der Waals surface area (Å²) < 4.78 is 0. The van der Waals surface area contributed by atoms with E-state index in [9.17, 15) is 9.59 Å². The van der Waals surface area contributed by atoms with Gasteiger partial charge in [-0.15, -0.1) is 0 Å². The Kier molecular flexibility index (Phi) is 4.79. The Hall–Kier alpha value is -2.89. The van der Waals surface area contributed by atoms with Gasteiger partial charge in [0.2, 0.25) is 5.91 Å². The van der Waals surface area contributed by atoms with Crippen molar-refractivity contribution in [2.24, 2.45) is 0 Å². The Morgan fingerprint density at radius 3 is 2.37 bits per heavy atom. The summed E-state index contributed by atoms with van der Waals surface area (Å²) in [4.78, 5) is 34.5. The summed E-state index contributed by atoms with van der Waals surface area (Å²) in [7, 11) is 0. The molecule has 2 aliphatic rings. The molecule has 1 aromatic heterocycles. The van der Waals surface area contributed by atoms with E-state index in [4.69, 9.17) is 0 Å². The molecule has 6 nitrogen and oxygen atoms in total. The van der Waals surface area contributed by atoms with Crippen LogP contribution in [0.1, 0.15) is 28.4 Å². The van der Waals surface area contributed by atoms with Crippen LogP contribution in [0, 0.1) is 0 Å². The maximum absolute atomic E-state index is 12.9. The van der Waals surface area contributed by atoms with Crippen LogP contribution in [-0.4, -0.2) is 59.3 Å². The number of nitrogens with zero attached hydrogens (tertiary/aromatic N) is 4. The highest BCUT2D eigenvalue weighted by atomic mass is 16.2. The molecule has 0 spiro atoms. The largest absolute Gasteiger partial charge is 0.366 e. The number of benzene rings is 1.